The molecule has 0 saturated heterocycles. The Balaban J connectivity index is 1.72. The van der Waals surface area contributed by atoms with Crippen molar-refractivity contribution < 1.29 is 9.21 Å². The highest BCUT2D eigenvalue weighted by atomic mass is 32.2. The zero-order valence-electron chi connectivity index (χ0n) is 14.3. The number of nitrogens with zero attached hydrogens (tertiary/aromatic N) is 6. The van der Waals surface area contributed by atoms with E-state index < -0.39 is 0 Å². The number of hydrogen-bond donors (Lipinski definition) is 0. The van der Waals surface area contributed by atoms with Gasteiger partial charge in [-0.1, -0.05) is 11.8 Å². The quantitative estimate of drug-likeness (QED) is 0.663. The molecule has 3 aromatic heterocycles. The van der Waals surface area contributed by atoms with Gasteiger partial charge in [-0.05, 0) is 12.3 Å². The summed E-state index contributed by atoms with van der Waals surface area (Å²) in [6.45, 7) is 1.16. The number of thioether (sulfide) groups is 1. The van der Waals surface area contributed by atoms with E-state index in [1.165, 1.54) is 24.3 Å². The van der Waals surface area contributed by atoms with Crippen LogP contribution in [-0.2, 0) is 27.1 Å². The van der Waals surface area contributed by atoms with Gasteiger partial charge in [0.1, 0.15) is 12.0 Å². The first kappa shape index (κ1) is 15.9. The summed E-state index contributed by atoms with van der Waals surface area (Å²) in [5.41, 5.74) is 3.53. The van der Waals surface area contributed by atoms with Crippen molar-refractivity contribution in [2.75, 3.05) is 12.8 Å². The van der Waals surface area contributed by atoms with E-state index in [0.29, 0.717) is 18.7 Å². The van der Waals surface area contributed by atoms with Crippen molar-refractivity contribution >= 4 is 17.7 Å². The van der Waals surface area contributed by atoms with Crippen LogP contribution >= 0.6 is 11.8 Å². The largest absolute Gasteiger partial charge is 0.472 e. The molecule has 0 fully saturated rings. The third kappa shape index (κ3) is 2.55. The maximum absolute atomic E-state index is 12.6. The molecule has 0 aromatic carbocycles. The molecule has 0 unspecified atom stereocenters. The Kier molecular flexibility index (Phi) is 3.87. The van der Waals surface area contributed by atoms with Gasteiger partial charge in [-0.15, -0.1) is 10.2 Å². The van der Waals surface area contributed by atoms with Gasteiger partial charge in [0.25, 0.3) is 5.91 Å². The van der Waals surface area contributed by atoms with Gasteiger partial charge in [0.2, 0.25) is 0 Å². The van der Waals surface area contributed by atoms with Crippen molar-refractivity contribution in [3.05, 3.63) is 35.4 Å². The molecule has 1 amide bonds. The molecular weight excluding hydrogens is 340 g/mol. The highest BCUT2D eigenvalue weighted by Crippen LogP contribution is 2.30. The third-order valence-corrected chi connectivity index (χ3v) is 5.25. The van der Waals surface area contributed by atoms with Gasteiger partial charge in [0.05, 0.1) is 18.4 Å². The zero-order chi connectivity index (χ0) is 17.6. The van der Waals surface area contributed by atoms with Crippen LogP contribution in [-0.4, -0.2) is 48.2 Å². The summed E-state index contributed by atoms with van der Waals surface area (Å²) in [6, 6.07) is 1.69. The predicted molar refractivity (Wildman–Crippen MR) is 92.1 cm³/mol. The molecule has 1 aliphatic rings. The normalized spacial score (nSPS) is 14.0. The number of carbonyl (C=O) groups excluding carboxylic acids is 1. The minimum absolute atomic E-state index is 0.0306. The second-order valence-electron chi connectivity index (χ2n) is 5.96. The van der Waals surface area contributed by atoms with Crippen LogP contribution in [0.3, 0.4) is 0 Å². The van der Waals surface area contributed by atoms with Gasteiger partial charge < -0.3 is 13.9 Å². The maximum atomic E-state index is 12.6. The van der Waals surface area contributed by atoms with E-state index in [2.05, 4.69) is 15.3 Å². The smallest absolute Gasteiger partial charge is 0.257 e. The lowest BCUT2D eigenvalue weighted by molar-refractivity contribution is 0.0733. The lowest BCUT2D eigenvalue weighted by atomic mass is 10.0. The molecule has 130 valence electrons. The number of fused-ring (bicyclic) bond motifs is 1. The van der Waals surface area contributed by atoms with Crippen molar-refractivity contribution in [1.82, 2.24) is 29.4 Å². The average molecular weight is 358 g/mol. The summed E-state index contributed by atoms with van der Waals surface area (Å²) in [6.07, 6.45) is 5.72. The van der Waals surface area contributed by atoms with Crippen molar-refractivity contribution in [1.29, 1.82) is 0 Å². The minimum Gasteiger partial charge on any atom is -0.472 e. The number of furan rings is 1. The molecule has 4 rings (SSSR count). The summed E-state index contributed by atoms with van der Waals surface area (Å²) in [7, 11) is 3.86. The summed E-state index contributed by atoms with van der Waals surface area (Å²) < 4.78 is 8.86. The fourth-order valence-electron chi connectivity index (χ4n) is 3.21. The summed E-state index contributed by atoms with van der Waals surface area (Å²) in [4.78, 5) is 14.5. The molecule has 8 nitrogen and oxygen atoms in total. The van der Waals surface area contributed by atoms with E-state index in [9.17, 15) is 4.79 Å². The van der Waals surface area contributed by atoms with E-state index in [1.54, 1.807) is 6.07 Å². The topological polar surface area (TPSA) is 82.0 Å². The molecule has 3 aromatic rings. The third-order valence-electron chi connectivity index (χ3n) is 4.53. The number of hydrogen-bond acceptors (Lipinski definition) is 6. The molecule has 25 heavy (non-hydrogen) atoms. The van der Waals surface area contributed by atoms with Crippen LogP contribution in [0, 0.1) is 0 Å². The van der Waals surface area contributed by atoms with Crippen molar-refractivity contribution in [2.24, 2.45) is 14.1 Å². The van der Waals surface area contributed by atoms with E-state index in [-0.39, 0.29) is 5.91 Å². The predicted octanol–water partition coefficient (Wildman–Crippen LogP) is 1.73. The molecule has 0 aliphatic carbocycles. The Bertz CT molecular complexity index is 927. The van der Waals surface area contributed by atoms with Crippen LogP contribution in [0.1, 0.15) is 21.6 Å². The molecule has 4 heterocycles. The number of aryl methyl sites for hydroxylation is 1. The Morgan fingerprint density at radius 1 is 1.32 bits per heavy atom. The maximum Gasteiger partial charge on any atom is 0.257 e. The second kappa shape index (κ2) is 6.07. The van der Waals surface area contributed by atoms with Crippen LogP contribution < -0.4 is 0 Å². The van der Waals surface area contributed by atoms with E-state index in [0.717, 1.165) is 34.4 Å². The lowest BCUT2D eigenvalue weighted by Crippen LogP contribution is -2.36. The Morgan fingerprint density at radius 3 is 2.84 bits per heavy atom. The van der Waals surface area contributed by atoms with Gasteiger partial charge in [0.15, 0.2) is 11.0 Å². The summed E-state index contributed by atoms with van der Waals surface area (Å²) in [5.74, 6) is 0.691. The fourth-order valence-corrected chi connectivity index (χ4v) is 3.70. The standard InChI is InChI=1S/C16H18N6O2S/c1-20-14(17-18-16(20)25-3)13-11-8-22(6-4-12(11)21(2)19-13)15(23)10-5-7-24-9-10/h5,7,9H,4,6,8H2,1-3H3. The first-order valence-electron chi connectivity index (χ1n) is 7.90. The number of aromatic nitrogens is 5. The molecule has 0 spiro atoms. The van der Waals surface area contributed by atoms with Crippen LogP contribution in [0.5, 0.6) is 0 Å². The number of amides is 1. The van der Waals surface area contributed by atoms with Gasteiger partial charge in [-0.2, -0.15) is 5.10 Å². The van der Waals surface area contributed by atoms with Gasteiger partial charge in [-0.3, -0.25) is 9.48 Å². The highest BCUT2D eigenvalue weighted by Gasteiger charge is 2.29. The van der Waals surface area contributed by atoms with Crippen molar-refractivity contribution in [3.8, 4) is 11.5 Å². The molecule has 1 aliphatic heterocycles. The van der Waals surface area contributed by atoms with Crippen molar-refractivity contribution in [2.45, 2.75) is 18.1 Å². The molecule has 0 saturated carbocycles. The molecule has 0 bridgehead atoms. The number of carbonyl (C=O) groups is 1. The molecule has 0 radical (unpaired) electrons. The van der Waals surface area contributed by atoms with E-state index in [1.807, 2.05) is 34.5 Å². The Morgan fingerprint density at radius 2 is 2.16 bits per heavy atom. The van der Waals surface area contributed by atoms with Crippen LogP contribution in [0.25, 0.3) is 11.5 Å². The molecule has 9 heteroatoms. The molecule has 0 N–H and O–H groups in total. The Labute approximate surface area is 148 Å². The van der Waals surface area contributed by atoms with Gasteiger partial charge in [0, 0.05) is 38.3 Å². The van der Waals surface area contributed by atoms with Gasteiger partial charge >= 0.3 is 0 Å². The minimum atomic E-state index is -0.0306. The molecular formula is C16H18N6O2S. The van der Waals surface area contributed by atoms with Crippen LogP contribution in [0.4, 0.5) is 0 Å². The highest BCUT2D eigenvalue weighted by molar-refractivity contribution is 7.98. The first-order chi connectivity index (χ1) is 12.1. The SMILES string of the molecule is CSc1nnc(-c2nn(C)c3c2CN(C(=O)c2ccoc2)CC3)n1C. The van der Waals surface area contributed by atoms with E-state index in [4.69, 9.17) is 4.42 Å². The molecule has 0 atom stereocenters. The van der Waals surface area contributed by atoms with Crippen molar-refractivity contribution in [3.63, 3.8) is 0 Å². The summed E-state index contributed by atoms with van der Waals surface area (Å²) >= 11 is 1.54. The van der Waals surface area contributed by atoms with Gasteiger partial charge in [-0.25, -0.2) is 0 Å². The first-order valence-corrected chi connectivity index (χ1v) is 9.12. The van der Waals surface area contributed by atoms with Crippen LogP contribution in [0.15, 0.2) is 28.2 Å². The lowest BCUT2D eigenvalue weighted by Gasteiger charge is -2.27. The monoisotopic (exact) mass is 358 g/mol. The fraction of sp³-hybridized carbons (Fsp3) is 0.375. The average Bonchev–Trinajstić information content (AvgIpc) is 3.34. The van der Waals surface area contributed by atoms with Crippen LogP contribution in [0.2, 0.25) is 0 Å². The summed E-state index contributed by atoms with van der Waals surface area (Å²) in [5, 5.41) is 14.0. The zero-order valence-corrected chi connectivity index (χ0v) is 15.1. The number of rotatable bonds is 3. The second-order valence-corrected chi connectivity index (χ2v) is 6.73. The Hall–Kier alpha value is -2.55. The van der Waals surface area contributed by atoms with E-state index >= 15 is 0 Å².